The summed E-state index contributed by atoms with van der Waals surface area (Å²) < 4.78 is 23.8. The minimum Gasteiger partial charge on any atom is -0.460 e. The van der Waals surface area contributed by atoms with E-state index in [2.05, 4.69) is 20.9 Å². The Morgan fingerprint density at radius 1 is 1.05 bits per heavy atom. The van der Waals surface area contributed by atoms with Crippen LogP contribution < -0.4 is 15.3 Å². The van der Waals surface area contributed by atoms with Crippen molar-refractivity contribution in [1.82, 2.24) is 20.1 Å². The zero-order chi connectivity index (χ0) is 26.7. The number of imidazole rings is 1. The first-order valence-corrected chi connectivity index (χ1v) is 11.7. The van der Waals surface area contributed by atoms with Crippen LogP contribution in [0.15, 0.2) is 53.7 Å². The molecule has 13 heteroatoms. The van der Waals surface area contributed by atoms with Gasteiger partial charge in [-0.3, -0.25) is 24.0 Å². The summed E-state index contributed by atoms with van der Waals surface area (Å²) in [5, 5.41) is 9.20. The number of benzene rings is 1. The molecule has 0 fully saturated rings. The second kappa shape index (κ2) is 13.3. The van der Waals surface area contributed by atoms with Gasteiger partial charge < -0.3 is 19.5 Å². The van der Waals surface area contributed by atoms with E-state index in [-0.39, 0.29) is 30.8 Å². The summed E-state index contributed by atoms with van der Waals surface area (Å²) >= 11 is 0. The van der Waals surface area contributed by atoms with Crippen molar-refractivity contribution in [3.8, 4) is 5.69 Å². The topological polar surface area (TPSA) is 151 Å². The Balaban J connectivity index is 1.30. The van der Waals surface area contributed by atoms with Crippen molar-refractivity contribution in [2.24, 2.45) is 0 Å². The van der Waals surface area contributed by atoms with E-state index in [0.29, 0.717) is 37.6 Å². The van der Waals surface area contributed by atoms with Gasteiger partial charge in [0, 0.05) is 36.6 Å². The van der Waals surface area contributed by atoms with Crippen LogP contribution in [0.1, 0.15) is 37.6 Å². The lowest BCUT2D eigenvalue weighted by Crippen LogP contribution is -2.32. The molecule has 0 atom stereocenters. The summed E-state index contributed by atoms with van der Waals surface area (Å²) in [6, 6.07) is 6.25. The fourth-order valence-electron chi connectivity index (χ4n) is 2.95. The summed E-state index contributed by atoms with van der Waals surface area (Å²) in [7, 11) is 0. The highest BCUT2D eigenvalue weighted by molar-refractivity contribution is 5.94. The van der Waals surface area contributed by atoms with Gasteiger partial charge >= 0.3 is 17.9 Å². The molecule has 0 saturated heterocycles. The SMILES string of the molecule is CC(C)(C)OC(=O)CCOCCOCCNC(=O)c1ccc(-[n+]2cc(NC(=O)n3ccnc3)on2)cc1. The first-order valence-electron chi connectivity index (χ1n) is 11.7. The van der Waals surface area contributed by atoms with Crippen LogP contribution in [-0.4, -0.2) is 71.3 Å². The molecule has 198 valence electrons. The van der Waals surface area contributed by atoms with E-state index in [1.54, 1.807) is 24.3 Å². The van der Waals surface area contributed by atoms with E-state index >= 15 is 0 Å². The van der Waals surface area contributed by atoms with Crippen LogP contribution in [0, 0.1) is 0 Å². The number of carbonyl (C=O) groups excluding carboxylic acids is 3. The van der Waals surface area contributed by atoms with Gasteiger partial charge in [-0.05, 0) is 37.6 Å². The van der Waals surface area contributed by atoms with Gasteiger partial charge in [-0.25, -0.2) is 9.78 Å². The number of ether oxygens (including phenoxy) is 3. The number of amides is 2. The summed E-state index contributed by atoms with van der Waals surface area (Å²) in [5.41, 5.74) is 0.597. The molecule has 13 nitrogen and oxygen atoms in total. The van der Waals surface area contributed by atoms with Crippen LogP contribution in [-0.2, 0) is 19.0 Å². The van der Waals surface area contributed by atoms with Crippen molar-refractivity contribution in [3.05, 3.63) is 54.7 Å². The van der Waals surface area contributed by atoms with Crippen molar-refractivity contribution >= 4 is 23.8 Å². The molecule has 2 amide bonds. The molecule has 2 heterocycles. The molecule has 2 aromatic heterocycles. The zero-order valence-electron chi connectivity index (χ0n) is 21.0. The predicted molar refractivity (Wildman–Crippen MR) is 129 cm³/mol. The molecular weight excluding hydrogens is 484 g/mol. The molecular formula is C24H31N6O7+. The van der Waals surface area contributed by atoms with E-state index < -0.39 is 11.6 Å². The fourth-order valence-corrected chi connectivity index (χ4v) is 2.95. The van der Waals surface area contributed by atoms with Crippen LogP contribution in [0.4, 0.5) is 10.7 Å². The van der Waals surface area contributed by atoms with E-state index in [0.717, 1.165) is 0 Å². The van der Waals surface area contributed by atoms with Gasteiger partial charge in [0.05, 0.1) is 32.8 Å². The average Bonchev–Trinajstić information content (AvgIpc) is 3.54. The summed E-state index contributed by atoms with van der Waals surface area (Å²) in [5.74, 6) is -0.403. The first kappa shape index (κ1) is 27.5. The summed E-state index contributed by atoms with van der Waals surface area (Å²) in [4.78, 5) is 39.7. The standard InChI is InChI=1S/C24H30N6O7/c1-24(2,3)36-21(31)8-12-34-14-15-35-13-10-26-22(32)18-4-6-19(7-5-18)30-16-20(37-28-30)27-23(33)29-11-9-25-17-29/h4-7,9,11,16-17H,8,10,12-15H2,1-3H3,(H-,26,27,28,32,33)/p+1. The molecule has 37 heavy (non-hydrogen) atoms. The lowest BCUT2D eigenvalue weighted by atomic mass is 10.2. The molecule has 3 aromatic rings. The van der Waals surface area contributed by atoms with E-state index in [4.69, 9.17) is 18.7 Å². The van der Waals surface area contributed by atoms with Gasteiger partial charge in [-0.15, -0.1) is 0 Å². The van der Waals surface area contributed by atoms with Gasteiger partial charge in [-0.2, -0.15) is 0 Å². The molecule has 0 aliphatic carbocycles. The third-order valence-corrected chi connectivity index (χ3v) is 4.60. The van der Waals surface area contributed by atoms with Crippen molar-refractivity contribution in [2.75, 3.05) is 38.3 Å². The third kappa shape index (κ3) is 9.46. The average molecular weight is 516 g/mol. The van der Waals surface area contributed by atoms with Crippen LogP contribution in [0.2, 0.25) is 0 Å². The summed E-state index contributed by atoms with van der Waals surface area (Å²) in [6.07, 6.45) is 6.04. The number of nitrogens with one attached hydrogen (secondary N) is 2. The third-order valence-electron chi connectivity index (χ3n) is 4.60. The Labute approximate surface area is 213 Å². The Bertz CT molecular complexity index is 1150. The van der Waals surface area contributed by atoms with E-state index in [1.165, 1.54) is 34.2 Å². The van der Waals surface area contributed by atoms with Gasteiger partial charge in [0.1, 0.15) is 11.9 Å². The number of carbonyl (C=O) groups is 3. The molecule has 0 bridgehead atoms. The zero-order valence-corrected chi connectivity index (χ0v) is 21.0. The number of nitrogens with zero attached hydrogens (tertiary/aromatic N) is 4. The van der Waals surface area contributed by atoms with E-state index in [9.17, 15) is 14.4 Å². The Kier molecular flexibility index (Phi) is 9.86. The Hall–Kier alpha value is -4.10. The van der Waals surface area contributed by atoms with Crippen molar-refractivity contribution < 1.29 is 37.8 Å². The predicted octanol–water partition coefficient (Wildman–Crippen LogP) is 1.72. The van der Waals surface area contributed by atoms with Crippen LogP contribution >= 0.6 is 0 Å². The van der Waals surface area contributed by atoms with Crippen LogP contribution in [0.5, 0.6) is 0 Å². The maximum absolute atomic E-state index is 12.3. The number of hydrogen-bond donors (Lipinski definition) is 2. The van der Waals surface area contributed by atoms with Gasteiger partial charge in [0.2, 0.25) is 11.0 Å². The minimum atomic E-state index is -0.505. The minimum absolute atomic E-state index is 0.147. The van der Waals surface area contributed by atoms with Crippen molar-refractivity contribution in [1.29, 1.82) is 0 Å². The lowest BCUT2D eigenvalue weighted by molar-refractivity contribution is -0.670. The lowest BCUT2D eigenvalue weighted by Gasteiger charge is -2.19. The number of aromatic nitrogens is 4. The van der Waals surface area contributed by atoms with Crippen molar-refractivity contribution in [3.63, 3.8) is 0 Å². The van der Waals surface area contributed by atoms with Crippen molar-refractivity contribution in [2.45, 2.75) is 32.8 Å². The van der Waals surface area contributed by atoms with Crippen LogP contribution in [0.25, 0.3) is 5.69 Å². The molecule has 0 aliphatic rings. The summed E-state index contributed by atoms with van der Waals surface area (Å²) in [6.45, 7) is 7.04. The maximum atomic E-state index is 12.3. The van der Waals surface area contributed by atoms with Gasteiger partial charge in [-0.1, -0.05) is 0 Å². The Morgan fingerprint density at radius 3 is 2.46 bits per heavy atom. The first-order chi connectivity index (χ1) is 17.7. The highest BCUT2D eigenvalue weighted by atomic mass is 16.6. The number of hydrogen-bond acceptors (Lipinski definition) is 9. The fraction of sp³-hybridized carbons (Fsp3) is 0.417. The molecule has 3 rings (SSSR count). The smallest absolute Gasteiger partial charge is 0.333 e. The molecule has 0 spiro atoms. The normalized spacial score (nSPS) is 11.2. The quantitative estimate of drug-likeness (QED) is 0.209. The molecule has 2 N–H and O–H groups in total. The largest absolute Gasteiger partial charge is 0.460 e. The van der Waals surface area contributed by atoms with Crippen LogP contribution in [0.3, 0.4) is 0 Å². The number of rotatable bonds is 12. The molecule has 0 saturated carbocycles. The highest BCUT2D eigenvalue weighted by Crippen LogP contribution is 2.09. The van der Waals surface area contributed by atoms with E-state index in [1.807, 2.05) is 20.8 Å². The maximum Gasteiger partial charge on any atom is 0.333 e. The monoisotopic (exact) mass is 515 g/mol. The molecule has 0 aliphatic heterocycles. The second-order valence-electron chi connectivity index (χ2n) is 8.77. The van der Waals surface area contributed by atoms with Gasteiger partial charge in [0.15, 0.2) is 0 Å². The number of esters is 1. The highest BCUT2D eigenvalue weighted by Gasteiger charge is 2.18. The molecule has 0 unspecified atom stereocenters. The second-order valence-corrected chi connectivity index (χ2v) is 8.77. The molecule has 1 aromatic carbocycles. The van der Waals surface area contributed by atoms with Gasteiger partial charge in [0.25, 0.3) is 12.1 Å². The molecule has 0 radical (unpaired) electrons. The number of anilines is 1. The Morgan fingerprint density at radius 2 is 1.78 bits per heavy atom.